The SMILES string of the molecule is CC(=O)N(c1nc(COC(=O)c2cccc(C)c2)cs1)c1c(C)cccc1C. The molecule has 2 aromatic carbocycles. The largest absolute Gasteiger partial charge is 0.456 e. The zero-order chi connectivity index (χ0) is 20.3. The number of anilines is 2. The van der Waals surface area contributed by atoms with Crippen LogP contribution in [0.5, 0.6) is 0 Å². The lowest BCUT2D eigenvalue weighted by atomic mass is 10.1. The molecular formula is C22H22N2O3S. The van der Waals surface area contributed by atoms with Gasteiger partial charge in [0.1, 0.15) is 6.61 Å². The summed E-state index contributed by atoms with van der Waals surface area (Å²) in [6.45, 7) is 7.44. The molecule has 28 heavy (non-hydrogen) atoms. The van der Waals surface area contributed by atoms with Crippen molar-refractivity contribution in [3.63, 3.8) is 0 Å². The molecule has 0 unspecified atom stereocenters. The summed E-state index contributed by atoms with van der Waals surface area (Å²) in [5.41, 5.74) is 4.95. The molecule has 0 atom stereocenters. The van der Waals surface area contributed by atoms with Gasteiger partial charge in [0.2, 0.25) is 5.91 Å². The molecule has 3 rings (SSSR count). The second kappa shape index (κ2) is 8.35. The van der Waals surface area contributed by atoms with Gasteiger partial charge in [-0.25, -0.2) is 9.78 Å². The van der Waals surface area contributed by atoms with E-state index < -0.39 is 5.97 Å². The maximum absolute atomic E-state index is 12.3. The number of ether oxygens (including phenoxy) is 1. The van der Waals surface area contributed by atoms with E-state index >= 15 is 0 Å². The number of rotatable bonds is 5. The number of aryl methyl sites for hydroxylation is 3. The first-order chi connectivity index (χ1) is 13.4. The topological polar surface area (TPSA) is 59.5 Å². The summed E-state index contributed by atoms with van der Waals surface area (Å²) in [5, 5.41) is 2.37. The molecule has 1 aromatic heterocycles. The zero-order valence-electron chi connectivity index (χ0n) is 16.4. The van der Waals surface area contributed by atoms with Crippen LogP contribution in [0.15, 0.2) is 47.8 Å². The van der Waals surface area contributed by atoms with E-state index in [4.69, 9.17) is 4.74 Å². The Hall–Kier alpha value is -2.99. The number of benzene rings is 2. The van der Waals surface area contributed by atoms with Gasteiger partial charge in [-0.15, -0.1) is 11.3 Å². The molecule has 6 heteroatoms. The predicted molar refractivity (Wildman–Crippen MR) is 111 cm³/mol. The van der Waals surface area contributed by atoms with Crippen LogP contribution >= 0.6 is 11.3 Å². The first kappa shape index (κ1) is 19.8. The Morgan fingerprint density at radius 3 is 2.39 bits per heavy atom. The predicted octanol–water partition coefficient (Wildman–Crippen LogP) is 5.11. The number of hydrogen-bond donors (Lipinski definition) is 0. The summed E-state index contributed by atoms with van der Waals surface area (Å²) in [6, 6.07) is 13.2. The van der Waals surface area contributed by atoms with Crippen LogP contribution in [0.4, 0.5) is 10.8 Å². The Balaban J connectivity index is 1.78. The van der Waals surface area contributed by atoms with Gasteiger partial charge in [0.25, 0.3) is 0 Å². The number of amides is 1. The fraction of sp³-hybridized carbons (Fsp3) is 0.227. The Morgan fingerprint density at radius 2 is 1.75 bits per heavy atom. The number of hydrogen-bond acceptors (Lipinski definition) is 5. The molecular weight excluding hydrogens is 372 g/mol. The first-order valence-electron chi connectivity index (χ1n) is 8.92. The monoisotopic (exact) mass is 394 g/mol. The van der Waals surface area contributed by atoms with Crippen molar-refractivity contribution in [3.05, 3.63) is 75.8 Å². The van der Waals surface area contributed by atoms with Crippen LogP contribution in [-0.4, -0.2) is 16.9 Å². The minimum atomic E-state index is -0.392. The summed E-state index contributed by atoms with van der Waals surface area (Å²) in [5.74, 6) is -0.508. The molecule has 0 radical (unpaired) electrons. The van der Waals surface area contributed by atoms with Crippen molar-refractivity contribution < 1.29 is 14.3 Å². The molecule has 0 spiro atoms. The third-order valence-corrected chi connectivity index (χ3v) is 5.19. The lowest BCUT2D eigenvalue weighted by Gasteiger charge is -2.22. The van der Waals surface area contributed by atoms with Gasteiger partial charge in [0.15, 0.2) is 5.13 Å². The highest BCUT2D eigenvalue weighted by Crippen LogP contribution is 2.33. The summed E-state index contributed by atoms with van der Waals surface area (Å²) < 4.78 is 5.38. The lowest BCUT2D eigenvalue weighted by molar-refractivity contribution is -0.115. The molecule has 0 aliphatic rings. The number of esters is 1. The first-order valence-corrected chi connectivity index (χ1v) is 9.80. The molecule has 0 saturated heterocycles. The number of para-hydroxylation sites is 1. The fourth-order valence-electron chi connectivity index (χ4n) is 3.01. The quantitative estimate of drug-likeness (QED) is 0.564. The number of carbonyl (C=O) groups is 2. The lowest BCUT2D eigenvalue weighted by Crippen LogP contribution is -2.24. The van der Waals surface area contributed by atoms with Gasteiger partial charge in [-0.2, -0.15) is 0 Å². The molecule has 0 fully saturated rings. The second-order valence-electron chi connectivity index (χ2n) is 6.66. The van der Waals surface area contributed by atoms with Gasteiger partial charge in [0.05, 0.1) is 16.9 Å². The average molecular weight is 394 g/mol. The standard InChI is InChI=1S/C22H22N2O3S/c1-14-7-5-10-18(11-14)21(26)27-12-19-13-28-22(23-19)24(17(4)25)20-15(2)8-6-9-16(20)3/h5-11,13H,12H2,1-4H3. The summed E-state index contributed by atoms with van der Waals surface area (Å²) in [4.78, 5) is 30.7. The van der Waals surface area contributed by atoms with E-state index in [1.54, 1.807) is 17.0 Å². The number of thiazole rings is 1. The third kappa shape index (κ3) is 4.28. The minimum absolute atomic E-state index is 0.0573. The summed E-state index contributed by atoms with van der Waals surface area (Å²) in [7, 11) is 0. The van der Waals surface area contributed by atoms with Gasteiger partial charge in [-0.3, -0.25) is 9.69 Å². The smallest absolute Gasteiger partial charge is 0.338 e. The van der Waals surface area contributed by atoms with E-state index in [1.165, 1.54) is 18.3 Å². The van der Waals surface area contributed by atoms with Crippen LogP contribution in [0.3, 0.4) is 0 Å². The number of carbonyl (C=O) groups excluding carboxylic acids is 2. The van der Waals surface area contributed by atoms with E-state index in [0.29, 0.717) is 16.4 Å². The van der Waals surface area contributed by atoms with Crippen molar-refractivity contribution in [2.24, 2.45) is 0 Å². The molecule has 1 amide bonds. The number of nitrogens with zero attached hydrogens (tertiary/aromatic N) is 2. The highest BCUT2D eigenvalue weighted by atomic mass is 32.1. The fourth-order valence-corrected chi connectivity index (χ4v) is 3.86. The van der Waals surface area contributed by atoms with Crippen molar-refractivity contribution >= 4 is 34.0 Å². The van der Waals surface area contributed by atoms with Crippen molar-refractivity contribution in [1.29, 1.82) is 0 Å². The van der Waals surface area contributed by atoms with Gasteiger partial charge >= 0.3 is 5.97 Å². The van der Waals surface area contributed by atoms with E-state index in [-0.39, 0.29) is 12.5 Å². The van der Waals surface area contributed by atoms with Crippen LogP contribution in [0, 0.1) is 20.8 Å². The van der Waals surface area contributed by atoms with Crippen LogP contribution in [-0.2, 0) is 16.1 Å². The molecule has 5 nitrogen and oxygen atoms in total. The van der Waals surface area contributed by atoms with E-state index in [0.717, 1.165) is 22.4 Å². The molecule has 0 aliphatic heterocycles. The minimum Gasteiger partial charge on any atom is -0.456 e. The molecule has 0 N–H and O–H groups in total. The van der Waals surface area contributed by atoms with Crippen molar-refractivity contribution in [3.8, 4) is 0 Å². The summed E-state index contributed by atoms with van der Waals surface area (Å²) >= 11 is 1.35. The Morgan fingerprint density at radius 1 is 1.07 bits per heavy atom. The van der Waals surface area contributed by atoms with Crippen molar-refractivity contribution in [2.75, 3.05) is 4.90 Å². The van der Waals surface area contributed by atoms with Gasteiger partial charge in [-0.1, -0.05) is 35.9 Å². The molecule has 0 saturated carbocycles. The average Bonchev–Trinajstić information content (AvgIpc) is 3.11. The highest BCUT2D eigenvalue weighted by Gasteiger charge is 2.21. The maximum atomic E-state index is 12.3. The Kier molecular flexibility index (Phi) is 5.90. The zero-order valence-corrected chi connectivity index (χ0v) is 17.2. The molecule has 1 heterocycles. The third-order valence-electron chi connectivity index (χ3n) is 4.31. The van der Waals surface area contributed by atoms with Crippen molar-refractivity contribution in [2.45, 2.75) is 34.3 Å². The maximum Gasteiger partial charge on any atom is 0.338 e. The highest BCUT2D eigenvalue weighted by molar-refractivity contribution is 7.14. The number of aromatic nitrogens is 1. The van der Waals surface area contributed by atoms with Crippen LogP contribution in [0.1, 0.15) is 39.7 Å². The van der Waals surface area contributed by atoms with Gasteiger partial charge in [0, 0.05) is 12.3 Å². The normalized spacial score (nSPS) is 10.6. The van der Waals surface area contributed by atoms with E-state index in [9.17, 15) is 9.59 Å². The van der Waals surface area contributed by atoms with Crippen LogP contribution in [0.25, 0.3) is 0 Å². The summed E-state index contributed by atoms with van der Waals surface area (Å²) in [6.07, 6.45) is 0. The van der Waals surface area contributed by atoms with Gasteiger partial charge < -0.3 is 4.74 Å². The Labute approximate surface area is 168 Å². The van der Waals surface area contributed by atoms with Crippen LogP contribution in [0.2, 0.25) is 0 Å². The van der Waals surface area contributed by atoms with E-state index in [1.807, 2.05) is 56.5 Å². The van der Waals surface area contributed by atoms with Gasteiger partial charge in [-0.05, 0) is 44.0 Å². The molecule has 0 aliphatic carbocycles. The van der Waals surface area contributed by atoms with Crippen LogP contribution < -0.4 is 4.90 Å². The molecule has 144 valence electrons. The molecule has 3 aromatic rings. The molecule has 0 bridgehead atoms. The van der Waals surface area contributed by atoms with E-state index in [2.05, 4.69) is 4.98 Å². The van der Waals surface area contributed by atoms with Crippen molar-refractivity contribution in [1.82, 2.24) is 4.98 Å². The second-order valence-corrected chi connectivity index (χ2v) is 7.50. The Bertz CT molecular complexity index is 1010.